The van der Waals surface area contributed by atoms with Gasteiger partial charge in [-0.1, -0.05) is 51.1 Å². The molecule has 122 valence electrons. The van der Waals surface area contributed by atoms with Gasteiger partial charge in [0.25, 0.3) is 0 Å². The molecule has 24 heavy (non-hydrogen) atoms. The van der Waals surface area contributed by atoms with E-state index in [9.17, 15) is 15.3 Å². The molecular formula is C21H22N2O. The zero-order chi connectivity index (χ0) is 17.5. The standard InChI is InChI=1S/C21H22N2O/c1-20(2)13-21(3)9-16(15(10-22)11-23)19(20)18(17(21)12-24)14-7-5-4-6-8-14/h4-8,12,17-19H,9,13H2,1-3H3. The molecule has 2 bridgehead atoms. The fourth-order valence-corrected chi connectivity index (χ4v) is 5.55. The summed E-state index contributed by atoms with van der Waals surface area (Å²) in [6.07, 6.45) is 2.71. The number of benzene rings is 1. The third-order valence-electron chi connectivity index (χ3n) is 6.10. The van der Waals surface area contributed by atoms with Crippen molar-refractivity contribution in [2.24, 2.45) is 22.7 Å². The van der Waals surface area contributed by atoms with E-state index in [1.54, 1.807) is 0 Å². The maximum Gasteiger partial charge on any atom is 0.129 e. The highest BCUT2D eigenvalue weighted by Gasteiger charge is 2.60. The molecule has 4 unspecified atom stereocenters. The Morgan fingerprint density at radius 3 is 2.33 bits per heavy atom. The van der Waals surface area contributed by atoms with Crippen LogP contribution in [0.5, 0.6) is 0 Å². The Bertz CT molecular complexity index is 762. The van der Waals surface area contributed by atoms with Crippen LogP contribution >= 0.6 is 0 Å². The number of hydrogen-bond donors (Lipinski definition) is 0. The van der Waals surface area contributed by atoms with Crippen molar-refractivity contribution in [3.63, 3.8) is 0 Å². The number of aldehydes is 1. The Morgan fingerprint density at radius 2 is 1.79 bits per heavy atom. The van der Waals surface area contributed by atoms with Crippen LogP contribution in [-0.2, 0) is 4.79 Å². The Labute approximate surface area is 143 Å². The molecule has 0 saturated heterocycles. The van der Waals surface area contributed by atoms with Gasteiger partial charge in [0.1, 0.15) is 24.0 Å². The van der Waals surface area contributed by atoms with E-state index in [4.69, 9.17) is 0 Å². The maximum absolute atomic E-state index is 12.0. The second-order valence-corrected chi connectivity index (χ2v) is 8.20. The lowest BCUT2D eigenvalue weighted by Gasteiger charge is -2.62. The first-order valence-corrected chi connectivity index (χ1v) is 8.41. The van der Waals surface area contributed by atoms with Gasteiger partial charge in [0.15, 0.2) is 0 Å². The third-order valence-corrected chi connectivity index (χ3v) is 6.10. The minimum absolute atomic E-state index is 0.0258. The highest BCUT2D eigenvalue weighted by atomic mass is 16.1. The number of carbonyl (C=O) groups is 1. The number of fused-ring (bicyclic) bond motifs is 3. The van der Waals surface area contributed by atoms with Crippen LogP contribution < -0.4 is 0 Å². The highest BCUT2D eigenvalue weighted by Crippen LogP contribution is 2.67. The molecule has 0 spiro atoms. The maximum atomic E-state index is 12.0. The second-order valence-electron chi connectivity index (χ2n) is 8.20. The van der Waals surface area contributed by atoms with Crippen LogP contribution in [0, 0.1) is 45.3 Å². The summed E-state index contributed by atoms with van der Waals surface area (Å²) in [6.45, 7) is 6.56. The van der Waals surface area contributed by atoms with Crippen molar-refractivity contribution >= 4 is 6.29 Å². The van der Waals surface area contributed by atoms with Gasteiger partial charge in [-0.05, 0) is 40.7 Å². The molecular weight excluding hydrogens is 296 g/mol. The number of hydrogen-bond acceptors (Lipinski definition) is 3. The van der Waals surface area contributed by atoms with E-state index in [0.29, 0.717) is 6.42 Å². The summed E-state index contributed by atoms with van der Waals surface area (Å²) < 4.78 is 0. The quantitative estimate of drug-likeness (QED) is 0.600. The first kappa shape index (κ1) is 16.5. The lowest BCUT2D eigenvalue weighted by molar-refractivity contribution is -0.126. The van der Waals surface area contributed by atoms with Gasteiger partial charge in [-0.3, -0.25) is 0 Å². The van der Waals surface area contributed by atoms with Crippen molar-refractivity contribution in [3.05, 3.63) is 47.0 Å². The van der Waals surface area contributed by atoms with Crippen molar-refractivity contribution in [2.45, 2.75) is 39.5 Å². The van der Waals surface area contributed by atoms with E-state index in [1.165, 1.54) is 0 Å². The molecule has 0 heterocycles. The largest absolute Gasteiger partial charge is 0.303 e. The Hall–Kier alpha value is -2.39. The van der Waals surface area contributed by atoms with Crippen molar-refractivity contribution in [2.75, 3.05) is 0 Å². The normalized spacial score (nSPS) is 33.4. The summed E-state index contributed by atoms with van der Waals surface area (Å²) >= 11 is 0. The molecule has 0 N–H and O–H groups in total. The monoisotopic (exact) mass is 318 g/mol. The van der Waals surface area contributed by atoms with Crippen molar-refractivity contribution in [1.82, 2.24) is 0 Å². The predicted octanol–water partition coefficient (Wildman–Crippen LogP) is 4.39. The van der Waals surface area contributed by atoms with Gasteiger partial charge in [0.05, 0.1) is 0 Å². The van der Waals surface area contributed by atoms with Gasteiger partial charge in [0.2, 0.25) is 0 Å². The van der Waals surface area contributed by atoms with Gasteiger partial charge >= 0.3 is 0 Å². The van der Waals surface area contributed by atoms with E-state index in [0.717, 1.165) is 23.8 Å². The van der Waals surface area contributed by atoms with Crippen molar-refractivity contribution in [1.29, 1.82) is 10.5 Å². The molecule has 3 heteroatoms. The Kier molecular flexibility index (Phi) is 3.84. The van der Waals surface area contributed by atoms with E-state index in [1.807, 2.05) is 18.2 Å². The molecule has 3 aliphatic carbocycles. The van der Waals surface area contributed by atoms with Gasteiger partial charge in [-0.15, -0.1) is 0 Å². The minimum Gasteiger partial charge on any atom is -0.303 e. The van der Waals surface area contributed by atoms with Gasteiger partial charge in [-0.2, -0.15) is 10.5 Å². The second kappa shape index (κ2) is 5.60. The summed E-state index contributed by atoms with van der Waals surface area (Å²) in [5, 5.41) is 18.9. The van der Waals surface area contributed by atoms with E-state index >= 15 is 0 Å². The van der Waals surface area contributed by atoms with Crippen molar-refractivity contribution < 1.29 is 4.79 Å². The summed E-state index contributed by atoms with van der Waals surface area (Å²) in [7, 11) is 0. The molecule has 3 saturated carbocycles. The lowest BCUT2D eigenvalue weighted by atomic mass is 9.41. The van der Waals surface area contributed by atoms with Crippen LogP contribution in [0.2, 0.25) is 0 Å². The number of nitrogens with zero attached hydrogens (tertiary/aromatic N) is 2. The number of allylic oxidation sites excluding steroid dienone is 2. The summed E-state index contributed by atoms with van der Waals surface area (Å²) in [4.78, 5) is 12.0. The van der Waals surface area contributed by atoms with Gasteiger partial charge in [0, 0.05) is 11.8 Å². The molecule has 0 aromatic heterocycles. The fourth-order valence-electron chi connectivity index (χ4n) is 5.55. The Morgan fingerprint density at radius 1 is 1.17 bits per heavy atom. The molecule has 1 aromatic rings. The zero-order valence-corrected chi connectivity index (χ0v) is 14.4. The van der Waals surface area contributed by atoms with Gasteiger partial charge < -0.3 is 4.79 Å². The molecule has 0 radical (unpaired) electrons. The molecule has 3 fully saturated rings. The van der Waals surface area contributed by atoms with Crippen LogP contribution in [0.25, 0.3) is 0 Å². The highest BCUT2D eigenvalue weighted by molar-refractivity contribution is 5.62. The number of rotatable bonds is 2. The molecule has 4 rings (SSSR count). The number of carbonyl (C=O) groups excluding carboxylic acids is 1. The molecule has 3 aliphatic rings. The van der Waals surface area contributed by atoms with E-state index in [-0.39, 0.29) is 34.2 Å². The Balaban J connectivity index is 2.27. The van der Waals surface area contributed by atoms with Crippen molar-refractivity contribution in [3.8, 4) is 12.1 Å². The third kappa shape index (κ3) is 2.28. The topological polar surface area (TPSA) is 64.7 Å². The van der Waals surface area contributed by atoms with Crippen LogP contribution in [0.1, 0.15) is 45.1 Å². The smallest absolute Gasteiger partial charge is 0.129 e. The molecule has 1 aromatic carbocycles. The van der Waals surface area contributed by atoms with Crippen LogP contribution in [0.4, 0.5) is 0 Å². The molecule has 4 atom stereocenters. The predicted molar refractivity (Wildman–Crippen MR) is 91.6 cm³/mol. The minimum atomic E-state index is -0.214. The van der Waals surface area contributed by atoms with E-state index < -0.39 is 0 Å². The van der Waals surface area contributed by atoms with Crippen LogP contribution in [0.15, 0.2) is 41.5 Å². The van der Waals surface area contributed by atoms with E-state index in [2.05, 4.69) is 45.0 Å². The summed E-state index contributed by atoms with van der Waals surface area (Å²) in [5.74, 6) is -0.00978. The fraction of sp³-hybridized carbons (Fsp3) is 0.476. The number of nitriles is 2. The zero-order valence-electron chi connectivity index (χ0n) is 14.4. The summed E-state index contributed by atoms with van der Waals surface area (Å²) in [6, 6.07) is 14.3. The first-order chi connectivity index (χ1) is 11.4. The average Bonchev–Trinajstić information content (AvgIpc) is 2.54. The molecule has 0 aliphatic heterocycles. The molecule has 3 nitrogen and oxygen atoms in total. The lowest BCUT2D eigenvalue weighted by Crippen LogP contribution is -2.55. The first-order valence-electron chi connectivity index (χ1n) is 8.41. The van der Waals surface area contributed by atoms with Crippen LogP contribution in [-0.4, -0.2) is 6.29 Å². The average molecular weight is 318 g/mol. The SMILES string of the molecule is CC1(C)CC2(C)CC(=C(C#N)C#N)C1C(c1ccccc1)C2C=O. The molecule has 0 amide bonds. The summed E-state index contributed by atoms with van der Waals surface area (Å²) in [5.41, 5.74) is 2.05. The van der Waals surface area contributed by atoms with Gasteiger partial charge in [-0.25, -0.2) is 0 Å². The van der Waals surface area contributed by atoms with Crippen LogP contribution in [0.3, 0.4) is 0 Å².